The lowest BCUT2D eigenvalue weighted by Gasteiger charge is -2.24. The molecule has 2 atom stereocenters. The Bertz CT molecular complexity index is 1950. The first-order chi connectivity index (χ1) is 21.6. The minimum absolute atomic E-state index is 0.00136. The Morgan fingerprint density at radius 3 is 2.53 bits per heavy atom. The Labute approximate surface area is 260 Å². The molecule has 13 heteroatoms. The summed E-state index contributed by atoms with van der Waals surface area (Å²) in [6.45, 7) is 3.92. The Morgan fingerprint density at radius 1 is 1.09 bits per heavy atom. The molecule has 2 aromatic carbocycles. The van der Waals surface area contributed by atoms with Crippen molar-refractivity contribution in [1.29, 1.82) is 5.26 Å². The van der Waals surface area contributed by atoms with Gasteiger partial charge >= 0.3 is 17.9 Å². The average Bonchev–Trinajstić information content (AvgIpc) is 3.57. The molecule has 230 valence electrons. The zero-order valence-corrected chi connectivity index (χ0v) is 25.3. The van der Waals surface area contributed by atoms with Gasteiger partial charge in [-0.05, 0) is 36.3 Å². The number of benzene rings is 2. The van der Waals surface area contributed by atoms with Crippen molar-refractivity contribution < 1.29 is 38.1 Å². The topological polar surface area (TPSA) is 156 Å². The third-order valence-corrected chi connectivity index (χ3v) is 7.56. The molecule has 0 radical (unpaired) electrons. The van der Waals surface area contributed by atoms with Crippen molar-refractivity contribution in [3.05, 3.63) is 103 Å². The van der Waals surface area contributed by atoms with Crippen LogP contribution in [0.3, 0.4) is 0 Å². The number of nitriles is 1. The van der Waals surface area contributed by atoms with Gasteiger partial charge in [0.2, 0.25) is 6.29 Å². The number of nitrogens with zero attached hydrogens (tertiary/aromatic N) is 3. The number of carbonyl (C=O) groups excluding carboxylic acids is 3. The van der Waals surface area contributed by atoms with Gasteiger partial charge in [0.25, 0.3) is 5.56 Å². The van der Waals surface area contributed by atoms with Crippen LogP contribution in [0.2, 0.25) is 0 Å². The molecule has 0 N–H and O–H groups in total. The largest absolute Gasteiger partial charge is 0.461 e. The predicted octanol–water partition coefficient (Wildman–Crippen LogP) is 2.95. The number of rotatable bonds is 9. The number of hydrogen-bond acceptors (Lipinski definition) is 12. The van der Waals surface area contributed by atoms with Gasteiger partial charge in [0.15, 0.2) is 22.1 Å². The van der Waals surface area contributed by atoms with Crippen molar-refractivity contribution in [3.63, 3.8) is 0 Å². The summed E-state index contributed by atoms with van der Waals surface area (Å²) in [7, 11) is 0. The first kappa shape index (κ1) is 31.0. The smallest absolute Gasteiger partial charge is 0.338 e. The number of thiazole rings is 1. The molecule has 45 heavy (non-hydrogen) atoms. The molecule has 2 aliphatic heterocycles. The van der Waals surface area contributed by atoms with Gasteiger partial charge < -0.3 is 23.7 Å². The number of allylic oxidation sites excluding steroid dienone is 2. The molecule has 2 unspecified atom stereocenters. The van der Waals surface area contributed by atoms with Crippen LogP contribution < -0.4 is 24.4 Å². The number of ether oxygens (including phenoxy) is 5. The molecule has 1 aromatic heterocycles. The molecule has 0 saturated carbocycles. The van der Waals surface area contributed by atoms with E-state index in [0.29, 0.717) is 22.5 Å². The Kier molecular flexibility index (Phi) is 9.25. The summed E-state index contributed by atoms with van der Waals surface area (Å²) >= 11 is 1.08. The fourth-order valence-electron chi connectivity index (χ4n) is 4.73. The Balaban J connectivity index is 1.55. The van der Waals surface area contributed by atoms with E-state index in [0.717, 1.165) is 16.9 Å². The van der Waals surface area contributed by atoms with Crippen molar-refractivity contribution in [1.82, 2.24) is 4.57 Å². The molecule has 2 aliphatic rings. The van der Waals surface area contributed by atoms with Gasteiger partial charge in [-0.1, -0.05) is 47.7 Å². The summed E-state index contributed by atoms with van der Waals surface area (Å²) in [4.78, 5) is 55.3. The summed E-state index contributed by atoms with van der Waals surface area (Å²) in [5, 5.41) is 8.91. The zero-order valence-electron chi connectivity index (χ0n) is 24.5. The van der Waals surface area contributed by atoms with Crippen molar-refractivity contribution in [2.75, 3.05) is 6.61 Å². The highest BCUT2D eigenvalue weighted by Gasteiger charge is 2.39. The van der Waals surface area contributed by atoms with E-state index in [4.69, 9.17) is 28.9 Å². The fraction of sp³-hybridized carbons (Fsp3) is 0.250. The fourth-order valence-corrected chi connectivity index (χ4v) is 5.78. The quantitative estimate of drug-likeness (QED) is 0.196. The average molecular weight is 630 g/mol. The molecular weight excluding hydrogens is 602 g/mol. The molecule has 3 heterocycles. The van der Waals surface area contributed by atoms with Gasteiger partial charge in [0, 0.05) is 20.3 Å². The van der Waals surface area contributed by atoms with Crippen molar-refractivity contribution in [2.45, 2.75) is 45.9 Å². The molecule has 0 bridgehead atoms. The molecule has 0 spiro atoms. The van der Waals surface area contributed by atoms with Gasteiger partial charge in [0.1, 0.15) is 18.9 Å². The van der Waals surface area contributed by atoms with Crippen LogP contribution in [-0.2, 0) is 35.0 Å². The lowest BCUT2D eigenvalue weighted by atomic mass is 10.0. The molecule has 0 fully saturated rings. The molecule has 0 saturated heterocycles. The number of aromatic nitrogens is 1. The zero-order chi connectivity index (χ0) is 32.1. The van der Waals surface area contributed by atoms with E-state index in [1.165, 1.54) is 36.8 Å². The molecule has 5 rings (SSSR count). The van der Waals surface area contributed by atoms with E-state index in [2.05, 4.69) is 4.99 Å². The van der Waals surface area contributed by atoms with Crippen molar-refractivity contribution >= 4 is 35.3 Å². The second kappa shape index (κ2) is 13.4. The van der Waals surface area contributed by atoms with E-state index < -0.39 is 35.8 Å². The maximum atomic E-state index is 14.0. The van der Waals surface area contributed by atoms with Crippen LogP contribution >= 0.6 is 11.3 Å². The van der Waals surface area contributed by atoms with Gasteiger partial charge in [-0.2, -0.15) is 5.26 Å². The minimum atomic E-state index is -1.05. The van der Waals surface area contributed by atoms with Crippen LogP contribution in [0.25, 0.3) is 6.08 Å². The van der Waals surface area contributed by atoms with Crippen LogP contribution in [-0.4, -0.2) is 35.4 Å². The van der Waals surface area contributed by atoms with Gasteiger partial charge in [-0.3, -0.25) is 19.0 Å². The van der Waals surface area contributed by atoms with E-state index in [-0.39, 0.29) is 40.4 Å². The number of esters is 3. The summed E-state index contributed by atoms with van der Waals surface area (Å²) < 4.78 is 29.2. The van der Waals surface area contributed by atoms with Gasteiger partial charge in [-0.15, -0.1) is 0 Å². The lowest BCUT2D eigenvalue weighted by Crippen LogP contribution is -2.40. The first-order valence-corrected chi connectivity index (χ1v) is 14.6. The van der Waals surface area contributed by atoms with Crippen LogP contribution in [0.5, 0.6) is 11.5 Å². The predicted molar refractivity (Wildman–Crippen MR) is 159 cm³/mol. The first-order valence-electron chi connectivity index (χ1n) is 13.8. The Morgan fingerprint density at radius 2 is 1.82 bits per heavy atom. The highest BCUT2D eigenvalue weighted by Crippen LogP contribution is 2.35. The molecular formula is C32H27N3O9S. The number of hydrogen-bond donors (Lipinski definition) is 0. The summed E-state index contributed by atoms with van der Waals surface area (Å²) in [5.74, 6) is -1.70. The summed E-state index contributed by atoms with van der Waals surface area (Å²) in [6.07, 6.45) is 2.66. The van der Waals surface area contributed by atoms with Crippen LogP contribution in [0.15, 0.2) is 81.6 Å². The highest BCUT2D eigenvalue weighted by molar-refractivity contribution is 7.07. The van der Waals surface area contributed by atoms with Crippen molar-refractivity contribution in [3.8, 4) is 17.6 Å². The van der Waals surface area contributed by atoms with Crippen LogP contribution in [0, 0.1) is 11.3 Å². The van der Waals surface area contributed by atoms with Crippen LogP contribution in [0.1, 0.15) is 44.4 Å². The highest BCUT2D eigenvalue weighted by atomic mass is 32.1. The maximum Gasteiger partial charge on any atom is 0.338 e. The molecule has 0 amide bonds. The van der Waals surface area contributed by atoms with Crippen LogP contribution in [0.4, 0.5) is 0 Å². The van der Waals surface area contributed by atoms with E-state index in [9.17, 15) is 19.2 Å². The molecule has 0 aliphatic carbocycles. The molecule has 12 nitrogen and oxygen atoms in total. The monoisotopic (exact) mass is 629 g/mol. The third kappa shape index (κ3) is 7.02. The van der Waals surface area contributed by atoms with E-state index in [1.807, 2.05) is 36.4 Å². The summed E-state index contributed by atoms with van der Waals surface area (Å²) in [5.41, 5.74) is 1.35. The molecule has 3 aromatic rings. The second-order valence-electron chi connectivity index (χ2n) is 9.91. The summed E-state index contributed by atoms with van der Waals surface area (Å²) in [6, 6.07) is 14.9. The van der Waals surface area contributed by atoms with E-state index in [1.54, 1.807) is 19.1 Å². The standard InChI is InChI=1S/C32H27N3O9S/c1-18-28(31(39)40-13-7-12-33)29(25-17-41-27(44-25)16-21-8-5-4-6-9-21)35-30(38)26(45-32(35)34-18)15-22-10-11-23(42-19(2)36)24(14-22)43-20(3)37/h4-6,8-11,14-15,17,27,29H,7,13,16H2,1-3H3. The number of fused-ring (bicyclic) bond motifs is 1. The SMILES string of the molecule is CC(=O)Oc1ccc(C=c2sc3n(c2=O)C(C2=COC(Cc4ccccc4)O2)C(C(=O)OCCC#N)=C(C)N=3)cc1OC(C)=O. The van der Waals surface area contributed by atoms with E-state index >= 15 is 0 Å². The minimum Gasteiger partial charge on any atom is -0.461 e. The third-order valence-electron chi connectivity index (χ3n) is 6.58. The normalized spacial score (nSPS) is 17.2. The lowest BCUT2D eigenvalue weighted by molar-refractivity contribution is -0.139. The Hall–Kier alpha value is -5.48. The number of carbonyl (C=O) groups is 3. The van der Waals surface area contributed by atoms with Gasteiger partial charge in [-0.25, -0.2) is 9.79 Å². The maximum absolute atomic E-state index is 14.0. The van der Waals surface area contributed by atoms with Gasteiger partial charge in [0.05, 0.1) is 28.3 Å². The second-order valence-corrected chi connectivity index (χ2v) is 10.9. The van der Waals surface area contributed by atoms with Crippen molar-refractivity contribution in [2.24, 2.45) is 4.99 Å².